The molecule has 3 heteroatoms. The van der Waals surface area contributed by atoms with Crippen molar-refractivity contribution >= 4 is 17.5 Å². The van der Waals surface area contributed by atoms with Crippen LogP contribution in [0.1, 0.15) is 51.0 Å². The number of hydrogen-bond acceptors (Lipinski definition) is 1. The van der Waals surface area contributed by atoms with Crippen molar-refractivity contribution in [3.05, 3.63) is 34.9 Å². The molecule has 0 aliphatic heterocycles. The van der Waals surface area contributed by atoms with E-state index in [1.807, 2.05) is 24.3 Å². The highest BCUT2D eigenvalue weighted by Crippen LogP contribution is 2.48. The molecule has 1 amide bonds. The largest absolute Gasteiger partial charge is 0.355 e. The Morgan fingerprint density at radius 1 is 1.21 bits per heavy atom. The van der Waals surface area contributed by atoms with Crippen LogP contribution in [0.2, 0.25) is 5.02 Å². The second-order valence-corrected chi connectivity index (χ2v) is 5.84. The molecule has 2 nitrogen and oxygen atoms in total. The lowest BCUT2D eigenvalue weighted by molar-refractivity contribution is -0.123. The van der Waals surface area contributed by atoms with Crippen molar-refractivity contribution in [3.8, 4) is 0 Å². The average Bonchev–Trinajstić information content (AvgIpc) is 3.21. The number of benzene rings is 1. The molecule has 1 aromatic carbocycles. The summed E-state index contributed by atoms with van der Waals surface area (Å²) in [6.07, 6.45) is 6.66. The van der Waals surface area contributed by atoms with Gasteiger partial charge in [-0.2, -0.15) is 0 Å². The third-order valence-corrected chi connectivity index (χ3v) is 4.15. The van der Waals surface area contributed by atoms with Gasteiger partial charge in [0, 0.05) is 11.6 Å². The highest BCUT2D eigenvalue weighted by Gasteiger charge is 2.50. The van der Waals surface area contributed by atoms with Crippen LogP contribution in [-0.2, 0) is 10.2 Å². The summed E-state index contributed by atoms with van der Waals surface area (Å²) < 4.78 is 0. The molecule has 1 aliphatic carbocycles. The third kappa shape index (κ3) is 3.50. The Morgan fingerprint density at radius 2 is 1.89 bits per heavy atom. The van der Waals surface area contributed by atoms with Crippen LogP contribution < -0.4 is 5.32 Å². The summed E-state index contributed by atoms with van der Waals surface area (Å²) in [5.74, 6) is 0.186. The Hall–Kier alpha value is -1.02. The Labute approximate surface area is 120 Å². The molecule has 0 bridgehead atoms. The zero-order chi connectivity index (χ0) is 13.7. The normalized spacial score (nSPS) is 16.1. The Morgan fingerprint density at radius 3 is 2.47 bits per heavy atom. The number of nitrogens with one attached hydrogen (secondary N) is 1. The van der Waals surface area contributed by atoms with Gasteiger partial charge < -0.3 is 5.32 Å². The Bertz CT molecular complexity index is 423. The van der Waals surface area contributed by atoms with Crippen LogP contribution in [-0.4, -0.2) is 12.5 Å². The molecule has 104 valence electrons. The fourth-order valence-corrected chi connectivity index (χ4v) is 2.59. The van der Waals surface area contributed by atoms with Crippen molar-refractivity contribution in [2.24, 2.45) is 0 Å². The van der Waals surface area contributed by atoms with Gasteiger partial charge in [-0.05, 0) is 37.0 Å². The van der Waals surface area contributed by atoms with Crippen molar-refractivity contribution in [1.82, 2.24) is 5.32 Å². The van der Waals surface area contributed by atoms with Crippen molar-refractivity contribution < 1.29 is 4.79 Å². The van der Waals surface area contributed by atoms with Gasteiger partial charge in [0.2, 0.25) is 5.91 Å². The van der Waals surface area contributed by atoms with Crippen LogP contribution >= 0.6 is 11.6 Å². The van der Waals surface area contributed by atoms with E-state index in [0.717, 1.165) is 36.4 Å². The van der Waals surface area contributed by atoms with Gasteiger partial charge in [-0.15, -0.1) is 0 Å². The molecule has 0 atom stereocenters. The summed E-state index contributed by atoms with van der Waals surface area (Å²) in [5.41, 5.74) is 0.831. The average molecular weight is 280 g/mol. The first-order valence-corrected chi connectivity index (χ1v) is 7.61. The van der Waals surface area contributed by atoms with E-state index < -0.39 is 0 Å². The SMILES string of the molecule is CCCCCCNC(=O)C1(c2ccc(Cl)cc2)CC1. The summed E-state index contributed by atoms with van der Waals surface area (Å²) in [5, 5.41) is 3.81. The zero-order valence-electron chi connectivity index (χ0n) is 11.5. The molecule has 0 unspecified atom stereocenters. The molecule has 2 rings (SSSR count). The van der Waals surface area contributed by atoms with Crippen molar-refractivity contribution in [2.45, 2.75) is 50.9 Å². The van der Waals surface area contributed by atoms with E-state index in [1.165, 1.54) is 19.3 Å². The maximum Gasteiger partial charge on any atom is 0.230 e. The molecular weight excluding hydrogens is 258 g/mol. The summed E-state index contributed by atoms with van der Waals surface area (Å²) in [6.45, 7) is 2.99. The monoisotopic (exact) mass is 279 g/mol. The number of amides is 1. The first kappa shape index (κ1) is 14.4. The van der Waals surface area contributed by atoms with E-state index in [0.29, 0.717) is 0 Å². The highest BCUT2D eigenvalue weighted by molar-refractivity contribution is 6.30. The highest BCUT2D eigenvalue weighted by atomic mass is 35.5. The van der Waals surface area contributed by atoms with Gasteiger partial charge in [0.1, 0.15) is 0 Å². The number of unbranched alkanes of at least 4 members (excludes halogenated alkanes) is 3. The lowest BCUT2D eigenvalue weighted by Gasteiger charge is -2.15. The van der Waals surface area contributed by atoms with Crippen molar-refractivity contribution in [2.75, 3.05) is 6.54 Å². The number of carbonyl (C=O) groups excluding carboxylic acids is 1. The molecule has 1 N–H and O–H groups in total. The zero-order valence-corrected chi connectivity index (χ0v) is 12.3. The van der Waals surface area contributed by atoms with Crippen LogP contribution in [0.25, 0.3) is 0 Å². The predicted octanol–water partition coefficient (Wildman–Crippen LogP) is 4.07. The molecule has 1 aliphatic rings. The number of carbonyl (C=O) groups is 1. The molecule has 1 saturated carbocycles. The number of halogens is 1. The molecular formula is C16H22ClNO. The quantitative estimate of drug-likeness (QED) is 0.749. The molecule has 0 heterocycles. The fraction of sp³-hybridized carbons (Fsp3) is 0.562. The lowest BCUT2D eigenvalue weighted by atomic mass is 9.95. The minimum atomic E-state index is -0.269. The van der Waals surface area contributed by atoms with Crippen molar-refractivity contribution in [1.29, 1.82) is 0 Å². The minimum Gasteiger partial charge on any atom is -0.355 e. The molecule has 0 saturated heterocycles. The standard InChI is InChI=1S/C16H22ClNO/c1-2-3-4-5-12-18-15(19)16(10-11-16)13-6-8-14(17)9-7-13/h6-9H,2-5,10-12H2,1H3,(H,18,19). The Kier molecular flexibility index (Phi) is 4.87. The topological polar surface area (TPSA) is 29.1 Å². The van der Waals surface area contributed by atoms with E-state index in [2.05, 4.69) is 12.2 Å². The Balaban J connectivity index is 1.86. The summed E-state index contributed by atoms with van der Waals surface area (Å²) in [7, 11) is 0. The van der Waals surface area contributed by atoms with E-state index in [-0.39, 0.29) is 11.3 Å². The van der Waals surface area contributed by atoms with Crippen LogP contribution in [0.5, 0.6) is 0 Å². The first-order chi connectivity index (χ1) is 9.19. The molecule has 0 radical (unpaired) electrons. The summed E-state index contributed by atoms with van der Waals surface area (Å²) >= 11 is 5.89. The third-order valence-electron chi connectivity index (χ3n) is 3.90. The number of hydrogen-bond donors (Lipinski definition) is 1. The summed E-state index contributed by atoms with van der Waals surface area (Å²) in [4.78, 5) is 12.3. The van der Waals surface area contributed by atoms with Crippen LogP contribution in [0.15, 0.2) is 24.3 Å². The van der Waals surface area contributed by atoms with Crippen molar-refractivity contribution in [3.63, 3.8) is 0 Å². The smallest absolute Gasteiger partial charge is 0.230 e. The van der Waals surface area contributed by atoms with Gasteiger partial charge in [-0.1, -0.05) is 49.9 Å². The second-order valence-electron chi connectivity index (χ2n) is 5.41. The van der Waals surface area contributed by atoms with E-state index in [9.17, 15) is 4.79 Å². The molecule has 0 aromatic heterocycles. The van der Waals surface area contributed by atoms with Crippen LogP contribution in [0, 0.1) is 0 Å². The summed E-state index contributed by atoms with van der Waals surface area (Å²) in [6, 6.07) is 7.69. The van der Waals surface area contributed by atoms with Crippen LogP contribution in [0.3, 0.4) is 0 Å². The second kappa shape index (κ2) is 6.42. The molecule has 0 spiro atoms. The molecule has 1 fully saturated rings. The van der Waals surface area contributed by atoms with Gasteiger partial charge >= 0.3 is 0 Å². The van der Waals surface area contributed by atoms with Gasteiger partial charge in [0.25, 0.3) is 0 Å². The van der Waals surface area contributed by atoms with Crippen LogP contribution in [0.4, 0.5) is 0 Å². The van der Waals surface area contributed by atoms with Gasteiger partial charge in [-0.25, -0.2) is 0 Å². The van der Waals surface area contributed by atoms with E-state index >= 15 is 0 Å². The number of rotatable bonds is 7. The molecule has 1 aromatic rings. The van der Waals surface area contributed by atoms with Gasteiger partial charge in [0.15, 0.2) is 0 Å². The predicted molar refractivity (Wildman–Crippen MR) is 79.5 cm³/mol. The van der Waals surface area contributed by atoms with Gasteiger partial charge in [-0.3, -0.25) is 4.79 Å². The maximum atomic E-state index is 12.3. The fourth-order valence-electron chi connectivity index (χ4n) is 2.46. The minimum absolute atomic E-state index is 0.186. The first-order valence-electron chi connectivity index (χ1n) is 7.23. The lowest BCUT2D eigenvalue weighted by Crippen LogP contribution is -2.35. The molecule has 19 heavy (non-hydrogen) atoms. The van der Waals surface area contributed by atoms with E-state index in [4.69, 9.17) is 11.6 Å². The van der Waals surface area contributed by atoms with E-state index in [1.54, 1.807) is 0 Å². The van der Waals surface area contributed by atoms with Gasteiger partial charge in [0.05, 0.1) is 5.41 Å². The maximum absolute atomic E-state index is 12.3.